The quantitative estimate of drug-likeness (QED) is 0.473. The van der Waals surface area contributed by atoms with Crippen LogP contribution in [0.4, 0.5) is 10.5 Å². The summed E-state index contributed by atoms with van der Waals surface area (Å²) < 4.78 is 11.1. The molecule has 170 valence electrons. The topological polar surface area (TPSA) is 109 Å². The number of urea groups is 1. The molecule has 2 aromatic rings. The second-order valence-electron chi connectivity index (χ2n) is 7.51. The molecule has 0 bridgehead atoms. The fraction of sp³-hybridized carbons (Fsp3) is 0.333. The Labute approximate surface area is 187 Å². The van der Waals surface area contributed by atoms with Gasteiger partial charge in [0, 0.05) is 0 Å². The summed E-state index contributed by atoms with van der Waals surface area (Å²) in [4.78, 5) is 24.8. The molecule has 1 aliphatic heterocycles. The maximum absolute atomic E-state index is 12.4. The lowest BCUT2D eigenvalue weighted by Crippen LogP contribution is -2.50. The SMILES string of the molecule is COc1ccccc1NC(=O)N[C@@H]1C=C[C@@H](CC(=O)N[C@H](C)c2ccccc2)O[C@@H]1CO. The average Bonchev–Trinajstić information content (AvgIpc) is 2.80. The summed E-state index contributed by atoms with van der Waals surface area (Å²) in [5, 5.41) is 18.2. The first-order valence-corrected chi connectivity index (χ1v) is 10.5. The van der Waals surface area contributed by atoms with E-state index in [0.717, 1.165) is 5.56 Å². The number of hydrogen-bond acceptors (Lipinski definition) is 5. The summed E-state index contributed by atoms with van der Waals surface area (Å²) >= 11 is 0. The summed E-state index contributed by atoms with van der Waals surface area (Å²) in [6.07, 6.45) is 2.42. The molecule has 8 heteroatoms. The molecule has 1 aliphatic rings. The third kappa shape index (κ3) is 6.32. The van der Waals surface area contributed by atoms with Crippen molar-refractivity contribution < 1.29 is 24.2 Å². The Morgan fingerprint density at radius 1 is 1.09 bits per heavy atom. The zero-order valence-corrected chi connectivity index (χ0v) is 18.2. The van der Waals surface area contributed by atoms with Crippen LogP contribution in [0.5, 0.6) is 5.75 Å². The molecule has 0 aromatic heterocycles. The van der Waals surface area contributed by atoms with Crippen molar-refractivity contribution in [3.63, 3.8) is 0 Å². The molecule has 32 heavy (non-hydrogen) atoms. The molecule has 3 amide bonds. The minimum atomic E-state index is -0.673. The van der Waals surface area contributed by atoms with Crippen LogP contribution in [-0.2, 0) is 9.53 Å². The van der Waals surface area contributed by atoms with Gasteiger partial charge >= 0.3 is 6.03 Å². The van der Waals surface area contributed by atoms with Crippen LogP contribution < -0.4 is 20.7 Å². The standard InChI is InChI=1S/C24H29N3O5/c1-16(17-8-4-3-5-9-17)25-23(29)14-18-12-13-20(22(15-28)32-18)27-24(30)26-19-10-6-7-11-21(19)31-2/h3-13,16,18,20,22,28H,14-15H2,1-2H3,(H,25,29)(H2,26,27,30)/t16-,18+,20-,22-/m1/s1. The molecule has 0 unspecified atom stereocenters. The van der Waals surface area contributed by atoms with E-state index < -0.39 is 24.3 Å². The predicted octanol–water partition coefficient (Wildman–Crippen LogP) is 2.77. The molecule has 3 rings (SSSR count). The van der Waals surface area contributed by atoms with Crippen LogP contribution in [0.1, 0.15) is 24.9 Å². The molecule has 0 fully saturated rings. The van der Waals surface area contributed by atoms with E-state index in [-0.39, 0.29) is 25.0 Å². The molecule has 0 spiro atoms. The Morgan fingerprint density at radius 3 is 2.53 bits per heavy atom. The molecule has 0 radical (unpaired) electrons. The number of carbonyl (C=O) groups excluding carboxylic acids is 2. The second kappa shape index (κ2) is 11.3. The highest BCUT2D eigenvalue weighted by Crippen LogP contribution is 2.23. The highest BCUT2D eigenvalue weighted by molar-refractivity contribution is 5.91. The smallest absolute Gasteiger partial charge is 0.319 e. The first-order valence-electron chi connectivity index (χ1n) is 10.5. The number of aliphatic hydroxyl groups is 1. The minimum Gasteiger partial charge on any atom is -0.495 e. The number of hydrogen-bond donors (Lipinski definition) is 4. The van der Waals surface area contributed by atoms with E-state index in [2.05, 4.69) is 16.0 Å². The van der Waals surface area contributed by atoms with Crippen LogP contribution in [0, 0.1) is 0 Å². The molecule has 0 saturated heterocycles. The summed E-state index contributed by atoms with van der Waals surface area (Å²) in [7, 11) is 1.52. The van der Waals surface area contributed by atoms with Crippen molar-refractivity contribution in [2.75, 3.05) is 19.0 Å². The zero-order valence-electron chi connectivity index (χ0n) is 18.2. The van der Waals surface area contributed by atoms with E-state index >= 15 is 0 Å². The lowest BCUT2D eigenvalue weighted by Gasteiger charge is -2.32. The number of para-hydroxylation sites is 2. The molecule has 2 aromatic carbocycles. The van der Waals surface area contributed by atoms with Gasteiger partial charge in [-0.2, -0.15) is 0 Å². The maximum Gasteiger partial charge on any atom is 0.319 e. The van der Waals surface area contributed by atoms with Gasteiger partial charge in [0.15, 0.2) is 0 Å². The van der Waals surface area contributed by atoms with Crippen molar-refractivity contribution in [1.82, 2.24) is 10.6 Å². The van der Waals surface area contributed by atoms with Gasteiger partial charge in [0.2, 0.25) is 5.91 Å². The lowest BCUT2D eigenvalue weighted by atomic mass is 10.0. The van der Waals surface area contributed by atoms with Gasteiger partial charge in [-0.3, -0.25) is 4.79 Å². The normalized spacial score (nSPS) is 20.8. The van der Waals surface area contributed by atoms with Crippen molar-refractivity contribution in [3.8, 4) is 5.75 Å². The Hall–Kier alpha value is -3.36. The van der Waals surface area contributed by atoms with E-state index in [1.54, 1.807) is 36.4 Å². The maximum atomic E-state index is 12.4. The molecule has 8 nitrogen and oxygen atoms in total. The molecule has 4 atom stereocenters. The summed E-state index contributed by atoms with van der Waals surface area (Å²) in [6.45, 7) is 1.62. The summed E-state index contributed by atoms with van der Waals surface area (Å²) in [6, 6.07) is 15.6. The largest absolute Gasteiger partial charge is 0.495 e. The number of benzene rings is 2. The molecule has 0 aliphatic carbocycles. The van der Waals surface area contributed by atoms with Crippen LogP contribution in [-0.4, -0.2) is 49.0 Å². The van der Waals surface area contributed by atoms with Crippen LogP contribution in [0.2, 0.25) is 0 Å². The number of anilines is 1. The van der Waals surface area contributed by atoms with Crippen molar-refractivity contribution in [3.05, 3.63) is 72.3 Å². The highest BCUT2D eigenvalue weighted by atomic mass is 16.5. The van der Waals surface area contributed by atoms with Gasteiger partial charge in [0.05, 0.1) is 44.0 Å². The first-order chi connectivity index (χ1) is 15.5. The van der Waals surface area contributed by atoms with Gasteiger partial charge in [-0.1, -0.05) is 54.6 Å². The van der Waals surface area contributed by atoms with Crippen LogP contribution in [0.25, 0.3) is 0 Å². The minimum absolute atomic E-state index is 0.115. The molecule has 1 heterocycles. The van der Waals surface area contributed by atoms with Gasteiger partial charge in [0.25, 0.3) is 0 Å². The summed E-state index contributed by atoms with van der Waals surface area (Å²) in [5.74, 6) is 0.376. The Kier molecular flexibility index (Phi) is 8.24. The first kappa shape index (κ1) is 23.3. The highest BCUT2D eigenvalue weighted by Gasteiger charge is 2.29. The predicted molar refractivity (Wildman–Crippen MR) is 121 cm³/mol. The third-order valence-corrected chi connectivity index (χ3v) is 5.18. The van der Waals surface area contributed by atoms with Crippen LogP contribution >= 0.6 is 0 Å². The van der Waals surface area contributed by atoms with E-state index in [9.17, 15) is 14.7 Å². The number of carbonyl (C=O) groups is 2. The number of amides is 3. The summed E-state index contributed by atoms with van der Waals surface area (Å²) in [5.41, 5.74) is 1.54. The number of ether oxygens (including phenoxy) is 2. The van der Waals surface area contributed by atoms with Gasteiger partial charge in [-0.15, -0.1) is 0 Å². The van der Waals surface area contributed by atoms with E-state index in [4.69, 9.17) is 9.47 Å². The fourth-order valence-corrected chi connectivity index (χ4v) is 3.50. The van der Waals surface area contributed by atoms with Crippen molar-refractivity contribution >= 4 is 17.6 Å². The third-order valence-electron chi connectivity index (χ3n) is 5.18. The molecule has 4 N–H and O–H groups in total. The lowest BCUT2D eigenvalue weighted by molar-refractivity contribution is -0.125. The fourth-order valence-electron chi connectivity index (χ4n) is 3.50. The van der Waals surface area contributed by atoms with E-state index in [0.29, 0.717) is 11.4 Å². The Morgan fingerprint density at radius 2 is 1.81 bits per heavy atom. The number of rotatable bonds is 8. The average molecular weight is 440 g/mol. The number of methoxy groups -OCH3 is 1. The van der Waals surface area contributed by atoms with Crippen molar-refractivity contribution in [2.24, 2.45) is 0 Å². The molecule has 0 saturated carbocycles. The Balaban J connectivity index is 1.53. The van der Waals surface area contributed by atoms with Crippen LogP contribution in [0.3, 0.4) is 0 Å². The van der Waals surface area contributed by atoms with Crippen LogP contribution in [0.15, 0.2) is 66.7 Å². The monoisotopic (exact) mass is 439 g/mol. The van der Waals surface area contributed by atoms with Gasteiger partial charge in [-0.25, -0.2) is 4.79 Å². The second-order valence-corrected chi connectivity index (χ2v) is 7.51. The van der Waals surface area contributed by atoms with Gasteiger partial charge in [0.1, 0.15) is 11.9 Å². The van der Waals surface area contributed by atoms with E-state index in [1.807, 2.05) is 37.3 Å². The van der Waals surface area contributed by atoms with Gasteiger partial charge in [-0.05, 0) is 24.6 Å². The van der Waals surface area contributed by atoms with Gasteiger partial charge < -0.3 is 30.5 Å². The van der Waals surface area contributed by atoms with Crippen molar-refractivity contribution in [1.29, 1.82) is 0 Å². The van der Waals surface area contributed by atoms with E-state index in [1.165, 1.54) is 7.11 Å². The number of nitrogens with one attached hydrogen (secondary N) is 3. The number of aliphatic hydroxyl groups excluding tert-OH is 1. The molecular formula is C24H29N3O5. The Bertz CT molecular complexity index is 934. The van der Waals surface area contributed by atoms with Crippen molar-refractivity contribution in [2.45, 2.75) is 37.6 Å². The molecular weight excluding hydrogens is 410 g/mol. The zero-order chi connectivity index (χ0) is 22.9.